The summed E-state index contributed by atoms with van der Waals surface area (Å²) in [5, 5.41) is 2.10. The smallest absolute Gasteiger partial charge is 0.129 e. The number of anilines is 1. The molecule has 5 heteroatoms. The third-order valence-electron chi connectivity index (χ3n) is 2.65. The number of thiocarbonyl (C=S) groups is 1. The number of aromatic nitrogens is 1. The molecule has 0 unspecified atom stereocenters. The van der Waals surface area contributed by atoms with Gasteiger partial charge in [-0.15, -0.1) is 11.3 Å². The molecule has 0 saturated heterocycles. The summed E-state index contributed by atoms with van der Waals surface area (Å²) in [6.45, 7) is 0.925. The van der Waals surface area contributed by atoms with E-state index in [9.17, 15) is 0 Å². The molecule has 0 aliphatic rings. The van der Waals surface area contributed by atoms with Gasteiger partial charge in [0, 0.05) is 18.5 Å². The standard InChI is InChI=1S/C13H15N3S2/c1-16(8-7-10-4-3-9-18-10)12-6-2-5-11(15-12)13(14)17/h2-6,9H,7-8H2,1H3,(H2,14,17). The monoisotopic (exact) mass is 277 g/mol. The van der Waals surface area contributed by atoms with E-state index in [1.165, 1.54) is 4.88 Å². The van der Waals surface area contributed by atoms with E-state index in [4.69, 9.17) is 18.0 Å². The van der Waals surface area contributed by atoms with E-state index in [1.807, 2.05) is 25.2 Å². The predicted octanol–water partition coefficient (Wildman–Crippen LogP) is 2.46. The van der Waals surface area contributed by atoms with Crippen molar-refractivity contribution >= 4 is 34.4 Å². The number of rotatable bonds is 5. The quantitative estimate of drug-likeness (QED) is 0.853. The summed E-state index contributed by atoms with van der Waals surface area (Å²) in [4.78, 5) is 8.27. The van der Waals surface area contributed by atoms with Crippen LogP contribution in [-0.2, 0) is 6.42 Å². The van der Waals surface area contributed by atoms with Crippen molar-refractivity contribution in [2.45, 2.75) is 6.42 Å². The zero-order valence-corrected chi connectivity index (χ0v) is 11.8. The first-order valence-corrected chi connectivity index (χ1v) is 6.96. The molecule has 0 radical (unpaired) electrons. The van der Waals surface area contributed by atoms with E-state index in [-0.39, 0.29) is 0 Å². The molecule has 2 rings (SSSR count). The Balaban J connectivity index is 2.02. The maximum Gasteiger partial charge on any atom is 0.129 e. The molecule has 2 aromatic rings. The Morgan fingerprint density at radius 1 is 1.39 bits per heavy atom. The number of nitrogens with two attached hydrogens (primary N) is 1. The summed E-state index contributed by atoms with van der Waals surface area (Å²) >= 11 is 6.72. The van der Waals surface area contributed by atoms with Crippen LogP contribution in [0.4, 0.5) is 5.82 Å². The van der Waals surface area contributed by atoms with Crippen LogP contribution in [-0.4, -0.2) is 23.6 Å². The molecule has 0 spiro atoms. The maximum absolute atomic E-state index is 5.59. The van der Waals surface area contributed by atoms with E-state index >= 15 is 0 Å². The molecule has 0 saturated carbocycles. The molecule has 94 valence electrons. The highest BCUT2D eigenvalue weighted by molar-refractivity contribution is 7.80. The second-order valence-corrected chi connectivity index (χ2v) is 5.47. The van der Waals surface area contributed by atoms with Crippen LogP contribution in [0.5, 0.6) is 0 Å². The normalized spacial score (nSPS) is 10.3. The average Bonchev–Trinajstić information content (AvgIpc) is 2.89. The fourth-order valence-electron chi connectivity index (χ4n) is 1.62. The van der Waals surface area contributed by atoms with Crippen LogP contribution < -0.4 is 10.6 Å². The number of thiophene rings is 1. The van der Waals surface area contributed by atoms with Crippen molar-refractivity contribution in [2.75, 3.05) is 18.5 Å². The van der Waals surface area contributed by atoms with Crippen LogP contribution >= 0.6 is 23.6 Å². The molecule has 0 aliphatic carbocycles. The largest absolute Gasteiger partial charge is 0.388 e. The van der Waals surface area contributed by atoms with Gasteiger partial charge in [0.1, 0.15) is 10.8 Å². The minimum Gasteiger partial charge on any atom is -0.388 e. The lowest BCUT2D eigenvalue weighted by molar-refractivity contribution is 0.868. The minimum absolute atomic E-state index is 0.337. The van der Waals surface area contributed by atoms with Gasteiger partial charge in [-0.3, -0.25) is 0 Å². The molecule has 0 aliphatic heterocycles. The van der Waals surface area contributed by atoms with Gasteiger partial charge in [-0.05, 0) is 30.0 Å². The molecule has 18 heavy (non-hydrogen) atoms. The van der Waals surface area contributed by atoms with Crippen LogP contribution in [0.15, 0.2) is 35.7 Å². The number of likely N-dealkylation sites (N-methyl/N-ethyl adjacent to an activating group) is 1. The summed E-state index contributed by atoms with van der Waals surface area (Å²) in [5.74, 6) is 0.900. The van der Waals surface area contributed by atoms with Crippen molar-refractivity contribution in [3.8, 4) is 0 Å². The molecule has 0 aromatic carbocycles. The van der Waals surface area contributed by atoms with Crippen molar-refractivity contribution in [3.63, 3.8) is 0 Å². The summed E-state index contributed by atoms with van der Waals surface area (Å²) < 4.78 is 0. The third-order valence-corrected chi connectivity index (χ3v) is 3.80. The zero-order valence-electron chi connectivity index (χ0n) is 10.2. The van der Waals surface area contributed by atoms with E-state index in [2.05, 4.69) is 27.4 Å². The molecular formula is C13H15N3S2. The van der Waals surface area contributed by atoms with E-state index in [0.717, 1.165) is 18.8 Å². The molecule has 2 aromatic heterocycles. The highest BCUT2D eigenvalue weighted by Crippen LogP contribution is 2.13. The molecule has 2 N–H and O–H groups in total. The number of nitrogens with zero attached hydrogens (tertiary/aromatic N) is 2. The fourth-order valence-corrected chi connectivity index (χ4v) is 2.43. The van der Waals surface area contributed by atoms with Crippen LogP contribution in [0.25, 0.3) is 0 Å². The Labute approximate surface area is 116 Å². The first kappa shape index (κ1) is 13.0. The van der Waals surface area contributed by atoms with Crippen LogP contribution in [0.1, 0.15) is 10.6 Å². The molecule has 0 fully saturated rings. The molecule has 3 nitrogen and oxygen atoms in total. The molecule has 0 bridgehead atoms. The fraction of sp³-hybridized carbons (Fsp3) is 0.231. The highest BCUT2D eigenvalue weighted by atomic mass is 32.1. The molecule has 0 atom stereocenters. The lowest BCUT2D eigenvalue weighted by atomic mass is 10.3. The third kappa shape index (κ3) is 3.27. The van der Waals surface area contributed by atoms with Gasteiger partial charge in [-0.2, -0.15) is 0 Å². The Bertz CT molecular complexity index is 523. The Hall–Kier alpha value is -1.46. The lowest BCUT2D eigenvalue weighted by Gasteiger charge is -2.18. The van der Waals surface area contributed by atoms with E-state index in [1.54, 1.807) is 11.3 Å². The second kappa shape index (κ2) is 5.93. The van der Waals surface area contributed by atoms with Gasteiger partial charge in [0.2, 0.25) is 0 Å². The van der Waals surface area contributed by atoms with Gasteiger partial charge in [-0.1, -0.05) is 24.4 Å². The first-order chi connectivity index (χ1) is 8.66. The van der Waals surface area contributed by atoms with E-state index < -0.39 is 0 Å². The zero-order chi connectivity index (χ0) is 13.0. The van der Waals surface area contributed by atoms with E-state index in [0.29, 0.717) is 10.7 Å². The lowest BCUT2D eigenvalue weighted by Crippen LogP contribution is -2.22. The van der Waals surface area contributed by atoms with Gasteiger partial charge in [-0.25, -0.2) is 4.98 Å². The first-order valence-electron chi connectivity index (χ1n) is 5.67. The number of hydrogen-bond acceptors (Lipinski definition) is 4. The number of pyridine rings is 1. The maximum atomic E-state index is 5.59. The molecule has 0 amide bonds. The van der Waals surface area contributed by atoms with Gasteiger partial charge in [0.25, 0.3) is 0 Å². The predicted molar refractivity (Wildman–Crippen MR) is 81.4 cm³/mol. The van der Waals surface area contributed by atoms with Gasteiger partial charge < -0.3 is 10.6 Å². The molecular weight excluding hydrogens is 262 g/mol. The summed E-state index contributed by atoms with van der Waals surface area (Å²) in [5.41, 5.74) is 6.26. The van der Waals surface area contributed by atoms with Crippen LogP contribution in [0.3, 0.4) is 0 Å². The van der Waals surface area contributed by atoms with Crippen molar-refractivity contribution in [2.24, 2.45) is 5.73 Å². The number of hydrogen-bond donors (Lipinski definition) is 1. The Morgan fingerprint density at radius 3 is 2.89 bits per heavy atom. The average molecular weight is 277 g/mol. The van der Waals surface area contributed by atoms with Crippen molar-refractivity contribution in [3.05, 3.63) is 46.3 Å². The summed E-state index contributed by atoms with van der Waals surface area (Å²) in [6.07, 6.45) is 1.02. The van der Waals surface area contributed by atoms with Crippen LogP contribution in [0.2, 0.25) is 0 Å². The van der Waals surface area contributed by atoms with Gasteiger partial charge in [0.05, 0.1) is 5.69 Å². The Morgan fingerprint density at radius 2 is 2.22 bits per heavy atom. The minimum atomic E-state index is 0.337. The van der Waals surface area contributed by atoms with Gasteiger partial charge >= 0.3 is 0 Å². The topological polar surface area (TPSA) is 42.1 Å². The highest BCUT2D eigenvalue weighted by Gasteiger charge is 2.05. The van der Waals surface area contributed by atoms with Crippen molar-refractivity contribution < 1.29 is 0 Å². The van der Waals surface area contributed by atoms with Crippen LogP contribution in [0, 0.1) is 0 Å². The molecule has 2 heterocycles. The van der Waals surface area contributed by atoms with Crippen molar-refractivity contribution in [1.29, 1.82) is 0 Å². The summed E-state index contributed by atoms with van der Waals surface area (Å²) in [6, 6.07) is 9.96. The van der Waals surface area contributed by atoms with Crippen molar-refractivity contribution in [1.82, 2.24) is 4.98 Å². The summed E-state index contributed by atoms with van der Waals surface area (Å²) in [7, 11) is 2.03. The SMILES string of the molecule is CN(CCc1cccs1)c1cccc(C(N)=S)n1. The Kier molecular flexibility index (Phi) is 4.28. The second-order valence-electron chi connectivity index (χ2n) is 4.00. The van der Waals surface area contributed by atoms with Gasteiger partial charge in [0.15, 0.2) is 0 Å².